The highest BCUT2D eigenvalue weighted by Crippen LogP contribution is 2.11. The number of carbonyl (C=O) groups excluding carboxylic acids is 1. The van der Waals surface area contributed by atoms with E-state index >= 15 is 0 Å². The van der Waals surface area contributed by atoms with Gasteiger partial charge in [-0.05, 0) is 19.3 Å². The molecule has 2 saturated heterocycles. The minimum absolute atomic E-state index is 0.271. The van der Waals surface area contributed by atoms with E-state index in [9.17, 15) is 4.79 Å². The Labute approximate surface area is 122 Å². The number of amides is 1. The highest BCUT2D eigenvalue weighted by atomic mass is 16.3. The van der Waals surface area contributed by atoms with Crippen LogP contribution in [-0.4, -0.2) is 84.7 Å². The van der Waals surface area contributed by atoms with Gasteiger partial charge in [-0.2, -0.15) is 0 Å². The van der Waals surface area contributed by atoms with E-state index in [4.69, 9.17) is 5.11 Å². The number of likely N-dealkylation sites (tertiary alicyclic amines) is 1. The maximum Gasteiger partial charge on any atom is 0.236 e. The van der Waals surface area contributed by atoms with Gasteiger partial charge >= 0.3 is 0 Å². The maximum atomic E-state index is 12.3. The fourth-order valence-corrected chi connectivity index (χ4v) is 3.08. The standard InChI is InChI=1S/C15H29N3O2/c19-13-5-6-16-9-11-17(12-10-16)14-15(20)18-7-3-1-2-4-8-18/h19H,1-14H2. The van der Waals surface area contributed by atoms with Crippen LogP contribution in [0.4, 0.5) is 0 Å². The number of aliphatic hydroxyl groups is 1. The average Bonchev–Trinajstić information content (AvgIpc) is 2.75. The predicted molar refractivity (Wildman–Crippen MR) is 79.6 cm³/mol. The molecule has 5 heteroatoms. The molecule has 0 aromatic heterocycles. The minimum Gasteiger partial charge on any atom is -0.396 e. The molecule has 0 atom stereocenters. The number of piperazine rings is 1. The van der Waals surface area contributed by atoms with Crippen molar-refractivity contribution in [3.63, 3.8) is 0 Å². The molecular formula is C15H29N3O2. The van der Waals surface area contributed by atoms with Gasteiger partial charge < -0.3 is 14.9 Å². The minimum atomic E-state index is 0.271. The van der Waals surface area contributed by atoms with Crippen molar-refractivity contribution in [2.75, 3.05) is 59.0 Å². The van der Waals surface area contributed by atoms with Crippen molar-refractivity contribution in [2.45, 2.75) is 32.1 Å². The number of rotatable bonds is 5. The molecule has 0 unspecified atom stereocenters. The van der Waals surface area contributed by atoms with Crippen molar-refractivity contribution in [3.8, 4) is 0 Å². The van der Waals surface area contributed by atoms with E-state index in [1.807, 2.05) is 0 Å². The van der Waals surface area contributed by atoms with Crippen molar-refractivity contribution < 1.29 is 9.90 Å². The first kappa shape index (κ1) is 15.7. The highest BCUT2D eigenvalue weighted by Gasteiger charge is 2.21. The third kappa shape index (κ3) is 5.04. The first-order chi connectivity index (χ1) is 9.79. The summed E-state index contributed by atoms with van der Waals surface area (Å²) in [5.74, 6) is 0.315. The van der Waals surface area contributed by atoms with Crippen LogP contribution in [0, 0.1) is 0 Å². The number of nitrogens with zero attached hydrogens (tertiary/aromatic N) is 3. The van der Waals surface area contributed by atoms with Gasteiger partial charge in [0, 0.05) is 52.4 Å². The molecule has 1 amide bonds. The molecule has 2 fully saturated rings. The molecule has 1 N–H and O–H groups in total. The van der Waals surface area contributed by atoms with Gasteiger partial charge in [0.15, 0.2) is 0 Å². The lowest BCUT2D eigenvalue weighted by Crippen LogP contribution is -2.50. The second kappa shape index (κ2) is 8.60. The molecule has 0 aliphatic carbocycles. The van der Waals surface area contributed by atoms with E-state index in [1.165, 1.54) is 25.7 Å². The molecule has 2 rings (SSSR count). The largest absolute Gasteiger partial charge is 0.396 e. The summed E-state index contributed by atoms with van der Waals surface area (Å²) in [5, 5.41) is 8.85. The molecule has 2 heterocycles. The van der Waals surface area contributed by atoms with Gasteiger partial charge in [0.2, 0.25) is 5.91 Å². The Morgan fingerprint density at radius 1 is 0.850 bits per heavy atom. The summed E-state index contributed by atoms with van der Waals surface area (Å²) in [5.41, 5.74) is 0. The van der Waals surface area contributed by atoms with E-state index < -0.39 is 0 Å². The summed E-state index contributed by atoms with van der Waals surface area (Å²) < 4.78 is 0. The molecule has 0 saturated carbocycles. The molecule has 0 radical (unpaired) electrons. The number of aliphatic hydroxyl groups excluding tert-OH is 1. The Hall–Kier alpha value is -0.650. The number of hydrogen-bond acceptors (Lipinski definition) is 4. The second-order valence-electron chi connectivity index (χ2n) is 5.99. The van der Waals surface area contributed by atoms with Gasteiger partial charge in [0.05, 0.1) is 6.54 Å². The van der Waals surface area contributed by atoms with Crippen molar-refractivity contribution in [1.29, 1.82) is 0 Å². The fraction of sp³-hybridized carbons (Fsp3) is 0.933. The number of carbonyl (C=O) groups is 1. The molecule has 0 bridgehead atoms. The molecule has 2 aliphatic rings. The Morgan fingerprint density at radius 3 is 2.05 bits per heavy atom. The lowest BCUT2D eigenvalue weighted by atomic mass is 10.2. The Kier molecular flexibility index (Phi) is 6.76. The van der Waals surface area contributed by atoms with E-state index in [1.54, 1.807) is 0 Å². The first-order valence-corrected chi connectivity index (χ1v) is 8.13. The van der Waals surface area contributed by atoms with Gasteiger partial charge in [-0.15, -0.1) is 0 Å². The van der Waals surface area contributed by atoms with Crippen LogP contribution in [0.1, 0.15) is 32.1 Å². The summed E-state index contributed by atoms with van der Waals surface area (Å²) >= 11 is 0. The van der Waals surface area contributed by atoms with Gasteiger partial charge in [0.25, 0.3) is 0 Å². The maximum absolute atomic E-state index is 12.3. The Morgan fingerprint density at radius 2 is 1.45 bits per heavy atom. The summed E-state index contributed by atoms with van der Waals surface area (Å²) in [6, 6.07) is 0. The van der Waals surface area contributed by atoms with Crippen LogP contribution in [0.15, 0.2) is 0 Å². The molecule has 0 aromatic rings. The summed E-state index contributed by atoms with van der Waals surface area (Å²) in [4.78, 5) is 19.0. The summed E-state index contributed by atoms with van der Waals surface area (Å²) in [7, 11) is 0. The molecule has 2 aliphatic heterocycles. The van der Waals surface area contributed by atoms with Gasteiger partial charge in [-0.3, -0.25) is 9.69 Å². The predicted octanol–water partition coefficient (Wildman–Crippen LogP) is 0.389. The molecule has 116 valence electrons. The van der Waals surface area contributed by atoms with E-state index in [0.717, 1.165) is 52.2 Å². The average molecular weight is 283 g/mol. The second-order valence-corrected chi connectivity index (χ2v) is 5.99. The first-order valence-electron chi connectivity index (χ1n) is 8.13. The molecule has 5 nitrogen and oxygen atoms in total. The molecular weight excluding hydrogens is 254 g/mol. The fourth-order valence-electron chi connectivity index (χ4n) is 3.08. The third-order valence-electron chi connectivity index (χ3n) is 4.42. The van der Waals surface area contributed by atoms with Crippen molar-refractivity contribution >= 4 is 5.91 Å². The van der Waals surface area contributed by atoms with Crippen LogP contribution in [-0.2, 0) is 4.79 Å². The van der Waals surface area contributed by atoms with Crippen LogP contribution in [0.25, 0.3) is 0 Å². The van der Waals surface area contributed by atoms with E-state index in [0.29, 0.717) is 12.5 Å². The monoisotopic (exact) mass is 283 g/mol. The molecule has 0 spiro atoms. The lowest BCUT2D eigenvalue weighted by Gasteiger charge is -2.35. The zero-order valence-corrected chi connectivity index (χ0v) is 12.6. The topological polar surface area (TPSA) is 47.0 Å². The SMILES string of the molecule is O=C(CN1CCN(CCCO)CC1)N1CCCCCC1. The van der Waals surface area contributed by atoms with Crippen molar-refractivity contribution in [2.24, 2.45) is 0 Å². The zero-order chi connectivity index (χ0) is 14.2. The van der Waals surface area contributed by atoms with Crippen LogP contribution in [0.2, 0.25) is 0 Å². The van der Waals surface area contributed by atoms with Crippen molar-refractivity contribution in [3.05, 3.63) is 0 Å². The Bertz CT molecular complexity index is 283. The van der Waals surface area contributed by atoms with Gasteiger partial charge in [0.1, 0.15) is 0 Å². The smallest absolute Gasteiger partial charge is 0.236 e. The molecule has 20 heavy (non-hydrogen) atoms. The van der Waals surface area contributed by atoms with Gasteiger partial charge in [-0.1, -0.05) is 12.8 Å². The van der Waals surface area contributed by atoms with Gasteiger partial charge in [-0.25, -0.2) is 0 Å². The van der Waals surface area contributed by atoms with Crippen molar-refractivity contribution in [1.82, 2.24) is 14.7 Å². The lowest BCUT2D eigenvalue weighted by molar-refractivity contribution is -0.132. The van der Waals surface area contributed by atoms with Crippen LogP contribution >= 0.6 is 0 Å². The van der Waals surface area contributed by atoms with Crippen LogP contribution < -0.4 is 0 Å². The zero-order valence-electron chi connectivity index (χ0n) is 12.6. The van der Waals surface area contributed by atoms with E-state index in [2.05, 4.69) is 14.7 Å². The normalized spacial score (nSPS) is 22.8. The van der Waals surface area contributed by atoms with Crippen LogP contribution in [0.5, 0.6) is 0 Å². The quantitative estimate of drug-likeness (QED) is 0.793. The number of hydrogen-bond donors (Lipinski definition) is 1. The molecule has 0 aromatic carbocycles. The van der Waals surface area contributed by atoms with Crippen LogP contribution in [0.3, 0.4) is 0 Å². The van der Waals surface area contributed by atoms with E-state index in [-0.39, 0.29) is 6.61 Å². The summed E-state index contributed by atoms with van der Waals surface area (Å²) in [6.45, 7) is 7.74. The summed E-state index contributed by atoms with van der Waals surface area (Å²) in [6.07, 6.45) is 5.73. The highest BCUT2D eigenvalue weighted by molar-refractivity contribution is 5.78. The third-order valence-corrected chi connectivity index (χ3v) is 4.42. The Balaban J connectivity index is 1.67.